The number of hydrogen-bond donors (Lipinski definition) is 0. The van der Waals surface area contributed by atoms with Gasteiger partial charge in [0.15, 0.2) is 0 Å². The highest BCUT2D eigenvalue weighted by Gasteiger charge is 2.20. The number of fused-ring (bicyclic) bond motifs is 1. The van der Waals surface area contributed by atoms with E-state index in [1.165, 1.54) is 32.9 Å². The maximum Gasteiger partial charge on any atom is 0.339 e. The first-order chi connectivity index (χ1) is 10.2. The van der Waals surface area contributed by atoms with Crippen molar-refractivity contribution in [3.63, 3.8) is 0 Å². The molecule has 0 saturated carbocycles. The Bertz CT molecular complexity index is 650. The molecule has 0 bridgehead atoms. The Morgan fingerprint density at radius 3 is 3.00 bits per heavy atom. The zero-order valence-electron chi connectivity index (χ0n) is 12.6. The Hall–Kier alpha value is -1.88. The van der Waals surface area contributed by atoms with Crippen LogP contribution < -0.4 is 0 Å². The number of likely N-dealkylation sites (N-methyl/N-ethyl adjacent to an activating group) is 1. The van der Waals surface area contributed by atoms with Crippen LogP contribution in [0.1, 0.15) is 35.3 Å². The lowest BCUT2D eigenvalue weighted by molar-refractivity contribution is 0.0600. The fourth-order valence-corrected chi connectivity index (χ4v) is 3.02. The van der Waals surface area contributed by atoms with Crippen molar-refractivity contribution >= 4 is 11.6 Å². The third kappa shape index (κ3) is 2.93. The van der Waals surface area contributed by atoms with E-state index in [0.717, 1.165) is 17.8 Å². The van der Waals surface area contributed by atoms with Gasteiger partial charge in [-0.3, -0.25) is 0 Å². The summed E-state index contributed by atoms with van der Waals surface area (Å²) in [6, 6.07) is 4.19. The second kappa shape index (κ2) is 5.85. The smallest absolute Gasteiger partial charge is 0.339 e. The van der Waals surface area contributed by atoms with Gasteiger partial charge in [0.2, 0.25) is 0 Å². The van der Waals surface area contributed by atoms with Gasteiger partial charge in [-0.25, -0.2) is 9.78 Å². The first kappa shape index (κ1) is 14.1. The fraction of sp³-hybridized carbons (Fsp3) is 0.500. The highest BCUT2D eigenvalue weighted by Crippen LogP contribution is 2.19. The van der Waals surface area contributed by atoms with Crippen molar-refractivity contribution in [3.05, 3.63) is 35.8 Å². The molecule has 0 radical (unpaired) electrons. The Morgan fingerprint density at radius 2 is 2.24 bits per heavy atom. The minimum absolute atomic E-state index is 0.320. The quantitative estimate of drug-likeness (QED) is 0.812. The maximum absolute atomic E-state index is 11.6. The van der Waals surface area contributed by atoms with Crippen LogP contribution in [0.3, 0.4) is 0 Å². The molecular formula is C16H21N3O2. The van der Waals surface area contributed by atoms with Crippen molar-refractivity contribution in [2.75, 3.05) is 20.7 Å². The third-order valence-electron chi connectivity index (χ3n) is 4.29. The molecule has 0 amide bonds. The van der Waals surface area contributed by atoms with Crippen molar-refractivity contribution in [1.82, 2.24) is 14.3 Å². The SMILES string of the molecule is COC(=O)c1ccc2nc(CC3CCCCN3C)cn2c1. The summed E-state index contributed by atoms with van der Waals surface area (Å²) in [5.74, 6) is -0.320. The van der Waals surface area contributed by atoms with Crippen LogP contribution in [0, 0.1) is 0 Å². The van der Waals surface area contributed by atoms with Crippen LogP contribution in [0.15, 0.2) is 24.5 Å². The topological polar surface area (TPSA) is 46.8 Å². The van der Waals surface area contributed by atoms with Gasteiger partial charge in [0.1, 0.15) is 5.65 Å². The number of ether oxygens (including phenoxy) is 1. The second-order valence-electron chi connectivity index (χ2n) is 5.74. The van der Waals surface area contributed by atoms with Gasteiger partial charge in [-0.1, -0.05) is 6.42 Å². The lowest BCUT2D eigenvalue weighted by atomic mass is 9.99. The van der Waals surface area contributed by atoms with Crippen molar-refractivity contribution in [2.24, 2.45) is 0 Å². The largest absolute Gasteiger partial charge is 0.465 e. The van der Waals surface area contributed by atoms with E-state index in [9.17, 15) is 4.79 Å². The molecule has 21 heavy (non-hydrogen) atoms. The summed E-state index contributed by atoms with van der Waals surface area (Å²) in [6.45, 7) is 1.17. The van der Waals surface area contributed by atoms with Crippen molar-refractivity contribution in [2.45, 2.75) is 31.7 Å². The zero-order valence-corrected chi connectivity index (χ0v) is 12.6. The number of carbonyl (C=O) groups excluding carboxylic acids is 1. The van der Waals surface area contributed by atoms with Gasteiger partial charge < -0.3 is 14.0 Å². The van der Waals surface area contributed by atoms with E-state index < -0.39 is 0 Å². The lowest BCUT2D eigenvalue weighted by Crippen LogP contribution is -2.37. The monoisotopic (exact) mass is 287 g/mol. The number of likely N-dealkylation sites (tertiary alicyclic amines) is 1. The van der Waals surface area contributed by atoms with Crippen molar-refractivity contribution in [1.29, 1.82) is 0 Å². The number of esters is 1. The lowest BCUT2D eigenvalue weighted by Gasteiger charge is -2.31. The zero-order chi connectivity index (χ0) is 14.8. The first-order valence-electron chi connectivity index (χ1n) is 7.43. The number of imidazole rings is 1. The minimum atomic E-state index is -0.320. The van der Waals surface area contributed by atoms with Gasteiger partial charge in [0.05, 0.1) is 18.4 Å². The summed E-state index contributed by atoms with van der Waals surface area (Å²) >= 11 is 0. The summed E-state index contributed by atoms with van der Waals surface area (Å²) in [6.07, 6.45) is 8.59. The van der Waals surface area contributed by atoms with Crippen LogP contribution in [-0.4, -0.2) is 47.0 Å². The van der Waals surface area contributed by atoms with Gasteiger partial charge in [-0.15, -0.1) is 0 Å². The number of aromatic nitrogens is 2. The van der Waals surface area contributed by atoms with Gasteiger partial charge in [-0.2, -0.15) is 0 Å². The molecule has 3 rings (SSSR count). The number of rotatable bonds is 3. The third-order valence-corrected chi connectivity index (χ3v) is 4.29. The van der Waals surface area contributed by atoms with Crippen molar-refractivity contribution < 1.29 is 9.53 Å². The standard InChI is InChI=1S/C16H21N3O2/c1-18-8-4-3-5-14(18)9-13-11-19-10-12(16(20)21-2)6-7-15(19)17-13/h6-7,10-11,14H,3-5,8-9H2,1-2H3. The van der Waals surface area contributed by atoms with Gasteiger partial charge in [0.25, 0.3) is 0 Å². The molecule has 1 aliphatic heterocycles. The molecule has 5 nitrogen and oxygen atoms in total. The Morgan fingerprint density at radius 1 is 1.38 bits per heavy atom. The second-order valence-corrected chi connectivity index (χ2v) is 5.74. The van der Waals surface area contributed by atoms with E-state index >= 15 is 0 Å². The van der Waals surface area contributed by atoms with Crippen LogP contribution in [0.2, 0.25) is 0 Å². The van der Waals surface area contributed by atoms with Gasteiger partial charge in [0, 0.05) is 24.9 Å². The molecule has 112 valence electrons. The molecule has 2 aromatic heterocycles. The van der Waals surface area contributed by atoms with Gasteiger partial charge >= 0.3 is 5.97 Å². The molecule has 0 N–H and O–H groups in total. The van der Waals surface area contributed by atoms with Crippen LogP contribution in [-0.2, 0) is 11.2 Å². The summed E-state index contributed by atoms with van der Waals surface area (Å²) < 4.78 is 6.66. The molecule has 0 spiro atoms. The highest BCUT2D eigenvalue weighted by molar-refractivity contribution is 5.89. The van der Waals surface area contributed by atoms with E-state index in [4.69, 9.17) is 4.74 Å². The van der Waals surface area contributed by atoms with Crippen LogP contribution >= 0.6 is 0 Å². The van der Waals surface area contributed by atoms with Crippen LogP contribution in [0.5, 0.6) is 0 Å². The number of hydrogen-bond acceptors (Lipinski definition) is 4. The van der Waals surface area contributed by atoms with E-state index in [-0.39, 0.29) is 5.97 Å². The van der Waals surface area contributed by atoms with E-state index in [2.05, 4.69) is 16.9 Å². The maximum atomic E-state index is 11.6. The number of piperidine rings is 1. The van der Waals surface area contributed by atoms with Crippen LogP contribution in [0.4, 0.5) is 0 Å². The molecule has 1 saturated heterocycles. The molecule has 0 aromatic carbocycles. The summed E-state index contributed by atoms with van der Waals surface area (Å²) in [7, 11) is 3.58. The summed E-state index contributed by atoms with van der Waals surface area (Å²) in [4.78, 5) is 18.6. The molecule has 1 fully saturated rings. The Labute approximate surface area is 124 Å². The van der Waals surface area contributed by atoms with Gasteiger partial charge in [-0.05, 0) is 38.6 Å². The minimum Gasteiger partial charge on any atom is -0.465 e. The average molecular weight is 287 g/mol. The van der Waals surface area contributed by atoms with E-state index in [0.29, 0.717) is 11.6 Å². The van der Waals surface area contributed by atoms with E-state index in [1.807, 2.05) is 16.7 Å². The Balaban J connectivity index is 1.82. The Kier molecular flexibility index (Phi) is 3.92. The van der Waals surface area contributed by atoms with Crippen molar-refractivity contribution in [3.8, 4) is 0 Å². The molecule has 2 aromatic rings. The fourth-order valence-electron chi connectivity index (χ4n) is 3.02. The summed E-state index contributed by atoms with van der Waals surface area (Å²) in [5, 5.41) is 0. The first-order valence-corrected chi connectivity index (χ1v) is 7.43. The molecule has 5 heteroatoms. The molecule has 1 aliphatic rings. The number of carbonyl (C=O) groups is 1. The number of methoxy groups -OCH3 is 1. The highest BCUT2D eigenvalue weighted by atomic mass is 16.5. The average Bonchev–Trinajstić information content (AvgIpc) is 2.90. The molecule has 1 atom stereocenters. The molecule has 1 unspecified atom stereocenters. The molecular weight excluding hydrogens is 266 g/mol. The predicted octanol–water partition coefficient (Wildman–Crippen LogP) is 2.15. The molecule has 3 heterocycles. The van der Waals surface area contributed by atoms with Crippen LogP contribution in [0.25, 0.3) is 5.65 Å². The summed E-state index contributed by atoms with van der Waals surface area (Å²) in [5.41, 5.74) is 2.50. The normalized spacial score (nSPS) is 19.8. The number of pyridine rings is 1. The number of nitrogens with zero attached hydrogens (tertiary/aromatic N) is 3. The van der Waals surface area contributed by atoms with E-state index in [1.54, 1.807) is 12.3 Å². The predicted molar refractivity (Wildman–Crippen MR) is 80.5 cm³/mol. The molecule has 0 aliphatic carbocycles.